The molecule has 2 aromatic carbocycles. The number of aromatic nitrogens is 4. The van der Waals surface area contributed by atoms with Crippen molar-refractivity contribution in [2.45, 2.75) is 32.2 Å². The Morgan fingerprint density at radius 3 is 2.67 bits per heavy atom. The molecule has 1 unspecified atom stereocenters. The van der Waals surface area contributed by atoms with Crippen LogP contribution in [-0.4, -0.2) is 52.6 Å². The summed E-state index contributed by atoms with van der Waals surface area (Å²) in [5, 5.41) is 6.00. The molecular weight excluding hydrogens is 504 g/mol. The Bertz CT molecular complexity index is 1660. The first kappa shape index (κ1) is 24.5. The van der Waals surface area contributed by atoms with Crippen LogP contribution < -0.4 is 10.3 Å². The summed E-state index contributed by atoms with van der Waals surface area (Å²) < 4.78 is 30.2. The van der Waals surface area contributed by atoms with Gasteiger partial charge in [-0.05, 0) is 37.8 Å². The van der Waals surface area contributed by atoms with Crippen molar-refractivity contribution >= 4 is 49.0 Å². The van der Waals surface area contributed by atoms with Gasteiger partial charge in [-0.3, -0.25) is 9.59 Å². The van der Waals surface area contributed by atoms with Crippen molar-refractivity contribution in [2.24, 2.45) is 5.92 Å². The Morgan fingerprint density at radius 2 is 1.97 bits per heavy atom. The molecule has 0 amide bonds. The molecule has 0 bridgehead atoms. The van der Waals surface area contributed by atoms with E-state index < -0.39 is 33.0 Å². The minimum absolute atomic E-state index is 0.248. The third-order valence-corrected chi connectivity index (χ3v) is 7.34. The standard InChI is InChI=1S/C25H25ClN4O5S/c1-14(22(31)13-36(2,33)34)30-25(32)17-6-4-3-5-16(17)19(29-30)11-24-27-20-9-18(26)23(10-21(20)28-24)35-12-15-7-8-15/h3-6,9-10,14-15H,7-8,11-13H2,1-2H3,(H,27,28). The van der Waals surface area contributed by atoms with Gasteiger partial charge < -0.3 is 9.72 Å². The number of carbonyl (C=O) groups is 1. The molecule has 0 radical (unpaired) electrons. The molecular formula is C25H25ClN4O5S. The summed E-state index contributed by atoms with van der Waals surface area (Å²) in [4.78, 5) is 33.6. The van der Waals surface area contributed by atoms with Gasteiger partial charge in [0.15, 0.2) is 15.6 Å². The molecule has 1 aliphatic rings. The van der Waals surface area contributed by atoms with Crippen LogP contribution in [0.1, 0.15) is 37.3 Å². The van der Waals surface area contributed by atoms with Crippen LogP contribution in [0.3, 0.4) is 0 Å². The summed E-state index contributed by atoms with van der Waals surface area (Å²) in [7, 11) is -3.55. The highest BCUT2D eigenvalue weighted by Crippen LogP contribution is 2.33. The number of nitrogens with one attached hydrogen (secondary N) is 1. The number of hydrogen-bond acceptors (Lipinski definition) is 7. The number of fused-ring (bicyclic) bond motifs is 2. The van der Waals surface area contributed by atoms with Gasteiger partial charge >= 0.3 is 0 Å². The molecule has 1 saturated carbocycles. The van der Waals surface area contributed by atoms with E-state index in [0.29, 0.717) is 51.1 Å². The highest BCUT2D eigenvalue weighted by molar-refractivity contribution is 7.91. The second-order valence-electron chi connectivity index (χ2n) is 9.37. The molecule has 1 atom stereocenters. The number of aromatic amines is 1. The van der Waals surface area contributed by atoms with E-state index in [1.165, 1.54) is 19.8 Å². The maximum atomic E-state index is 13.1. The summed E-state index contributed by atoms with van der Waals surface area (Å²) in [5.74, 6) is 0.501. The van der Waals surface area contributed by atoms with Crippen LogP contribution in [0.5, 0.6) is 5.75 Å². The summed E-state index contributed by atoms with van der Waals surface area (Å²) >= 11 is 6.41. The molecule has 4 aromatic rings. The molecule has 0 spiro atoms. The molecule has 5 rings (SSSR count). The van der Waals surface area contributed by atoms with Gasteiger partial charge in [-0.2, -0.15) is 5.10 Å². The molecule has 2 heterocycles. The van der Waals surface area contributed by atoms with E-state index in [9.17, 15) is 18.0 Å². The van der Waals surface area contributed by atoms with Crippen LogP contribution in [0.2, 0.25) is 5.02 Å². The number of hydrogen-bond donors (Lipinski definition) is 1. The number of Topliss-reactive ketones (excluding diaryl/α,β-unsaturated/α-hetero) is 1. The van der Waals surface area contributed by atoms with Crippen LogP contribution in [-0.2, 0) is 21.1 Å². The van der Waals surface area contributed by atoms with Gasteiger partial charge in [0, 0.05) is 17.7 Å². The van der Waals surface area contributed by atoms with Crippen molar-refractivity contribution in [1.82, 2.24) is 19.7 Å². The lowest BCUT2D eigenvalue weighted by Crippen LogP contribution is -2.34. The lowest BCUT2D eigenvalue weighted by Gasteiger charge is -2.15. The lowest BCUT2D eigenvalue weighted by atomic mass is 10.1. The highest BCUT2D eigenvalue weighted by atomic mass is 35.5. The minimum Gasteiger partial charge on any atom is -0.492 e. The second kappa shape index (κ2) is 9.33. The van der Waals surface area contributed by atoms with Gasteiger partial charge in [-0.1, -0.05) is 29.8 Å². The maximum absolute atomic E-state index is 13.1. The highest BCUT2D eigenvalue weighted by Gasteiger charge is 2.24. The smallest absolute Gasteiger partial charge is 0.275 e. The first-order chi connectivity index (χ1) is 17.1. The molecule has 1 aliphatic carbocycles. The first-order valence-corrected chi connectivity index (χ1v) is 14.0. The number of H-pyrrole nitrogens is 1. The predicted octanol–water partition coefficient (Wildman–Crippen LogP) is 3.48. The predicted molar refractivity (Wildman–Crippen MR) is 138 cm³/mol. The molecule has 1 fully saturated rings. The molecule has 36 heavy (non-hydrogen) atoms. The molecule has 9 nitrogen and oxygen atoms in total. The molecule has 1 N–H and O–H groups in total. The summed E-state index contributed by atoms with van der Waals surface area (Å²) in [6.45, 7) is 2.11. The van der Waals surface area contributed by atoms with E-state index in [1.807, 2.05) is 0 Å². The van der Waals surface area contributed by atoms with Crippen LogP contribution in [0.25, 0.3) is 21.8 Å². The summed E-state index contributed by atoms with van der Waals surface area (Å²) in [6, 6.07) is 9.51. The Balaban J connectivity index is 1.51. The monoisotopic (exact) mass is 528 g/mol. The lowest BCUT2D eigenvalue weighted by molar-refractivity contribution is -0.119. The second-order valence-corrected chi connectivity index (χ2v) is 11.9. The molecule has 0 aliphatic heterocycles. The fraction of sp³-hybridized carbons (Fsp3) is 0.360. The van der Waals surface area contributed by atoms with Crippen LogP contribution in [0.15, 0.2) is 41.2 Å². The molecule has 0 saturated heterocycles. The van der Waals surface area contributed by atoms with Gasteiger partial charge in [0.2, 0.25) is 0 Å². The van der Waals surface area contributed by atoms with E-state index in [-0.39, 0.29) is 6.42 Å². The quantitative estimate of drug-likeness (QED) is 0.352. The van der Waals surface area contributed by atoms with E-state index in [4.69, 9.17) is 16.3 Å². The normalized spacial score (nSPS) is 14.9. The molecule has 188 valence electrons. The van der Waals surface area contributed by atoms with E-state index >= 15 is 0 Å². The number of benzene rings is 2. The molecule has 11 heteroatoms. The van der Waals surface area contributed by atoms with Crippen LogP contribution >= 0.6 is 11.6 Å². The van der Waals surface area contributed by atoms with Gasteiger partial charge in [-0.25, -0.2) is 18.1 Å². The van der Waals surface area contributed by atoms with Gasteiger partial charge in [0.05, 0.1) is 40.2 Å². The zero-order valence-corrected chi connectivity index (χ0v) is 21.4. The topological polar surface area (TPSA) is 124 Å². The Kier molecular flexibility index (Phi) is 6.34. The Morgan fingerprint density at radius 1 is 1.25 bits per heavy atom. The molecule has 2 aromatic heterocycles. The summed E-state index contributed by atoms with van der Waals surface area (Å²) in [6.07, 6.45) is 3.58. The third-order valence-electron chi connectivity index (χ3n) is 6.23. The van der Waals surface area contributed by atoms with Crippen molar-refractivity contribution in [3.8, 4) is 5.75 Å². The minimum atomic E-state index is -3.55. The largest absolute Gasteiger partial charge is 0.492 e. The van der Waals surface area contributed by atoms with Gasteiger partial charge in [0.25, 0.3) is 5.56 Å². The Hall–Kier alpha value is -3.24. The zero-order valence-electron chi connectivity index (χ0n) is 19.8. The number of ketones is 1. The third kappa shape index (κ3) is 5.15. The number of ether oxygens (including phenoxy) is 1. The van der Waals surface area contributed by atoms with Crippen LogP contribution in [0.4, 0.5) is 0 Å². The number of carbonyl (C=O) groups excluding carboxylic acids is 1. The number of nitrogens with zero attached hydrogens (tertiary/aromatic N) is 3. The van der Waals surface area contributed by atoms with Gasteiger partial charge in [0.1, 0.15) is 23.4 Å². The number of sulfone groups is 1. The van der Waals surface area contributed by atoms with Crippen LogP contribution in [0, 0.1) is 5.92 Å². The van der Waals surface area contributed by atoms with E-state index in [2.05, 4.69) is 15.1 Å². The van der Waals surface area contributed by atoms with Crippen molar-refractivity contribution in [2.75, 3.05) is 18.6 Å². The average Bonchev–Trinajstić information content (AvgIpc) is 3.57. The van der Waals surface area contributed by atoms with E-state index in [1.54, 1.807) is 36.4 Å². The van der Waals surface area contributed by atoms with Crippen molar-refractivity contribution < 1.29 is 17.9 Å². The van der Waals surface area contributed by atoms with Crippen molar-refractivity contribution in [3.05, 3.63) is 63.3 Å². The number of rotatable bonds is 9. The zero-order chi connectivity index (χ0) is 25.6. The fourth-order valence-corrected chi connectivity index (χ4v) is 5.07. The summed E-state index contributed by atoms with van der Waals surface area (Å²) in [5.41, 5.74) is 1.50. The van der Waals surface area contributed by atoms with Gasteiger partial charge in [-0.15, -0.1) is 0 Å². The van der Waals surface area contributed by atoms with Crippen molar-refractivity contribution in [1.29, 1.82) is 0 Å². The first-order valence-electron chi connectivity index (χ1n) is 11.6. The Labute approximate surface area is 212 Å². The van der Waals surface area contributed by atoms with Crippen molar-refractivity contribution in [3.63, 3.8) is 0 Å². The number of imidazole rings is 1. The number of halogens is 1. The SMILES string of the molecule is CC(C(=O)CS(C)(=O)=O)n1nc(Cc2nc3cc(OCC4CC4)c(Cl)cc3[nH]2)c2ccccc2c1=O. The average molecular weight is 529 g/mol. The fourth-order valence-electron chi connectivity index (χ4n) is 4.09. The maximum Gasteiger partial charge on any atom is 0.275 e. The van der Waals surface area contributed by atoms with E-state index in [0.717, 1.165) is 16.5 Å².